The van der Waals surface area contributed by atoms with Crippen LogP contribution in [0.25, 0.3) is 0 Å². The zero-order chi connectivity index (χ0) is 13.7. The molecule has 0 spiro atoms. The van der Waals surface area contributed by atoms with Gasteiger partial charge in [-0.1, -0.05) is 13.8 Å². The monoisotopic (exact) mass is 256 g/mol. The van der Waals surface area contributed by atoms with Crippen molar-refractivity contribution in [3.05, 3.63) is 0 Å². The highest BCUT2D eigenvalue weighted by molar-refractivity contribution is 4.94. The van der Waals surface area contributed by atoms with Crippen LogP contribution >= 0.6 is 0 Å². The average Bonchev–Trinajstić information content (AvgIpc) is 2.30. The number of likely N-dealkylation sites (N-methyl/N-ethyl adjacent to an activating group) is 1. The molecule has 0 amide bonds. The van der Waals surface area contributed by atoms with E-state index in [0.29, 0.717) is 18.1 Å². The van der Waals surface area contributed by atoms with E-state index in [1.165, 1.54) is 12.8 Å². The van der Waals surface area contributed by atoms with Crippen LogP contribution in [0, 0.1) is 11.8 Å². The van der Waals surface area contributed by atoms with E-state index in [9.17, 15) is 0 Å². The molecule has 1 N–H and O–H groups in total. The largest absolute Gasteiger partial charge is 0.383 e. The van der Waals surface area contributed by atoms with Gasteiger partial charge in [-0.05, 0) is 45.6 Å². The van der Waals surface area contributed by atoms with Crippen LogP contribution in [0.4, 0.5) is 0 Å². The second kappa shape index (κ2) is 7.46. The lowest BCUT2D eigenvalue weighted by atomic mass is 9.75. The van der Waals surface area contributed by atoms with Gasteiger partial charge in [-0.3, -0.25) is 4.90 Å². The van der Waals surface area contributed by atoms with E-state index < -0.39 is 0 Å². The average molecular weight is 256 g/mol. The van der Waals surface area contributed by atoms with Crippen molar-refractivity contribution < 1.29 is 4.74 Å². The molecule has 0 heterocycles. The molecule has 1 aliphatic rings. The Balaban J connectivity index is 2.78. The molecule has 1 aliphatic carbocycles. The third kappa shape index (κ3) is 3.94. The van der Waals surface area contributed by atoms with E-state index in [4.69, 9.17) is 4.74 Å². The van der Waals surface area contributed by atoms with E-state index in [0.717, 1.165) is 25.0 Å². The van der Waals surface area contributed by atoms with Gasteiger partial charge in [0.15, 0.2) is 0 Å². The Morgan fingerprint density at radius 3 is 2.44 bits per heavy atom. The summed E-state index contributed by atoms with van der Waals surface area (Å²) in [6, 6.07) is 1.83. The highest BCUT2D eigenvalue weighted by atomic mass is 16.5. The fourth-order valence-corrected chi connectivity index (χ4v) is 3.63. The molecular formula is C15H32N2O. The molecule has 4 unspecified atom stereocenters. The summed E-state index contributed by atoms with van der Waals surface area (Å²) in [5, 5.41) is 3.54. The summed E-state index contributed by atoms with van der Waals surface area (Å²) >= 11 is 0. The Bertz CT molecular complexity index is 233. The molecule has 1 saturated carbocycles. The molecule has 0 bridgehead atoms. The molecule has 0 aromatic heterocycles. The van der Waals surface area contributed by atoms with Gasteiger partial charge in [0.2, 0.25) is 0 Å². The van der Waals surface area contributed by atoms with Gasteiger partial charge in [-0.2, -0.15) is 0 Å². The molecule has 1 fully saturated rings. The van der Waals surface area contributed by atoms with Crippen LogP contribution in [0.15, 0.2) is 0 Å². The number of hydrogen-bond acceptors (Lipinski definition) is 3. The van der Waals surface area contributed by atoms with Gasteiger partial charge in [-0.25, -0.2) is 0 Å². The molecule has 0 aliphatic heterocycles. The minimum absolute atomic E-state index is 0.580. The van der Waals surface area contributed by atoms with Crippen LogP contribution < -0.4 is 5.32 Å². The highest BCUT2D eigenvalue weighted by Crippen LogP contribution is 2.33. The maximum Gasteiger partial charge on any atom is 0.0589 e. The van der Waals surface area contributed by atoms with Crippen molar-refractivity contribution in [1.29, 1.82) is 0 Å². The third-order valence-electron chi connectivity index (χ3n) is 4.40. The third-order valence-corrected chi connectivity index (χ3v) is 4.40. The predicted molar refractivity (Wildman–Crippen MR) is 77.9 cm³/mol. The number of nitrogens with zero attached hydrogens (tertiary/aromatic N) is 1. The highest BCUT2D eigenvalue weighted by Gasteiger charge is 2.37. The summed E-state index contributed by atoms with van der Waals surface area (Å²) in [5.41, 5.74) is 0. The standard InChI is InChI=1S/C15H32N2O/c1-11(2)17(7-8-18-6)15-13(4)9-12(3)10-14(15)16-5/h11-16H,7-10H2,1-6H3. The van der Waals surface area contributed by atoms with E-state index >= 15 is 0 Å². The predicted octanol–water partition coefficient (Wildman–Crippen LogP) is 2.37. The smallest absolute Gasteiger partial charge is 0.0589 e. The van der Waals surface area contributed by atoms with Crippen molar-refractivity contribution in [2.75, 3.05) is 27.3 Å². The van der Waals surface area contributed by atoms with Gasteiger partial charge in [0, 0.05) is 31.8 Å². The second-order valence-electron chi connectivity index (χ2n) is 6.26. The van der Waals surface area contributed by atoms with Crippen molar-refractivity contribution in [3.63, 3.8) is 0 Å². The van der Waals surface area contributed by atoms with Crippen molar-refractivity contribution in [1.82, 2.24) is 10.2 Å². The molecular weight excluding hydrogens is 224 g/mol. The topological polar surface area (TPSA) is 24.5 Å². The summed E-state index contributed by atoms with van der Waals surface area (Å²) in [4.78, 5) is 2.63. The number of methoxy groups -OCH3 is 1. The molecule has 0 radical (unpaired) electrons. The van der Waals surface area contributed by atoms with Gasteiger partial charge in [0.1, 0.15) is 0 Å². The van der Waals surface area contributed by atoms with Gasteiger partial charge >= 0.3 is 0 Å². The summed E-state index contributed by atoms with van der Waals surface area (Å²) < 4.78 is 5.28. The molecule has 18 heavy (non-hydrogen) atoms. The van der Waals surface area contributed by atoms with Crippen LogP contribution in [0.3, 0.4) is 0 Å². The van der Waals surface area contributed by atoms with Crippen molar-refractivity contribution in [2.45, 2.75) is 58.7 Å². The number of hydrogen-bond donors (Lipinski definition) is 1. The van der Waals surface area contributed by atoms with Crippen LogP contribution in [0.2, 0.25) is 0 Å². The zero-order valence-corrected chi connectivity index (χ0v) is 13.1. The van der Waals surface area contributed by atoms with Gasteiger partial charge in [-0.15, -0.1) is 0 Å². The molecule has 3 nitrogen and oxygen atoms in total. The number of rotatable bonds is 6. The van der Waals surface area contributed by atoms with E-state index in [-0.39, 0.29) is 0 Å². The van der Waals surface area contributed by atoms with Gasteiger partial charge < -0.3 is 10.1 Å². The normalized spacial score (nSPS) is 33.3. The first-order valence-corrected chi connectivity index (χ1v) is 7.43. The van der Waals surface area contributed by atoms with Crippen molar-refractivity contribution in [2.24, 2.45) is 11.8 Å². The van der Waals surface area contributed by atoms with Crippen LogP contribution in [-0.4, -0.2) is 50.3 Å². The van der Waals surface area contributed by atoms with Crippen LogP contribution in [-0.2, 0) is 4.74 Å². The fourth-order valence-electron chi connectivity index (χ4n) is 3.63. The number of ether oxygens (including phenoxy) is 1. The van der Waals surface area contributed by atoms with Crippen LogP contribution in [0.5, 0.6) is 0 Å². The maximum absolute atomic E-state index is 5.28. The second-order valence-corrected chi connectivity index (χ2v) is 6.26. The summed E-state index contributed by atoms with van der Waals surface area (Å²) in [5.74, 6) is 1.59. The summed E-state index contributed by atoms with van der Waals surface area (Å²) in [7, 11) is 3.90. The van der Waals surface area contributed by atoms with Gasteiger partial charge in [0.05, 0.1) is 6.61 Å². The SMILES string of the molecule is CNC1CC(C)CC(C)C1N(CCOC)C(C)C. The Kier molecular flexibility index (Phi) is 6.61. The lowest BCUT2D eigenvalue weighted by Gasteiger charge is -2.47. The lowest BCUT2D eigenvalue weighted by molar-refractivity contribution is 0.0236. The van der Waals surface area contributed by atoms with Crippen molar-refractivity contribution in [3.8, 4) is 0 Å². The molecule has 0 aromatic carbocycles. The first kappa shape index (κ1) is 15.9. The van der Waals surface area contributed by atoms with Crippen molar-refractivity contribution >= 4 is 0 Å². The molecule has 0 saturated heterocycles. The lowest BCUT2D eigenvalue weighted by Crippen LogP contribution is -2.58. The first-order valence-electron chi connectivity index (χ1n) is 7.43. The van der Waals surface area contributed by atoms with E-state index in [2.05, 4.69) is 45.0 Å². The Labute approximate surface area is 113 Å². The number of nitrogens with one attached hydrogen (secondary N) is 1. The minimum atomic E-state index is 0.580. The quantitative estimate of drug-likeness (QED) is 0.789. The van der Waals surface area contributed by atoms with E-state index in [1.807, 2.05) is 0 Å². The Morgan fingerprint density at radius 2 is 1.94 bits per heavy atom. The molecule has 108 valence electrons. The molecule has 3 heteroatoms. The molecule has 0 aromatic rings. The zero-order valence-electron chi connectivity index (χ0n) is 13.1. The fraction of sp³-hybridized carbons (Fsp3) is 1.00. The summed E-state index contributed by atoms with van der Waals surface area (Å²) in [6.45, 7) is 11.3. The maximum atomic E-state index is 5.28. The molecule has 1 rings (SSSR count). The summed E-state index contributed by atoms with van der Waals surface area (Å²) in [6.07, 6.45) is 2.64. The van der Waals surface area contributed by atoms with E-state index in [1.54, 1.807) is 7.11 Å². The Hall–Kier alpha value is -0.120. The van der Waals surface area contributed by atoms with Crippen LogP contribution in [0.1, 0.15) is 40.5 Å². The van der Waals surface area contributed by atoms with Gasteiger partial charge in [0.25, 0.3) is 0 Å². The molecule has 4 atom stereocenters. The first-order chi connectivity index (χ1) is 8.51. The minimum Gasteiger partial charge on any atom is -0.383 e. The Morgan fingerprint density at radius 1 is 1.28 bits per heavy atom.